The first-order chi connectivity index (χ1) is 16.9. The Hall–Kier alpha value is -1.08. The van der Waals surface area contributed by atoms with Gasteiger partial charge in [-0.25, -0.2) is 0 Å². The van der Waals surface area contributed by atoms with Crippen LogP contribution in [-0.2, 0) is 11.3 Å². The molecule has 0 bridgehead atoms. The number of hydrogen-bond acceptors (Lipinski definition) is 1. The fourth-order valence-electron chi connectivity index (χ4n) is 4.63. The third kappa shape index (κ3) is 22.7. The molecule has 1 rings (SSSR count). The van der Waals surface area contributed by atoms with Crippen molar-refractivity contribution in [1.82, 2.24) is 0 Å². The molecule has 0 spiro atoms. The van der Waals surface area contributed by atoms with Crippen LogP contribution in [-0.4, -0.2) is 6.61 Å². The minimum atomic E-state index is 0.761. The van der Waals surface area contributed by atoms with Crippen molar-refractivity contribution < 1.29 is 4.74 Å². The van der Waals surface area contributed by atoms with Crippen LogP contribution in [0.1, 0.15) is 154 Å². The fourth-order valence-corrected chi connectivity index (χ4v) is 4.63. The van der Waals surface area contributed by atoms with E-state index in [-0.39, 0.29) is 0 Å². The Kier molecular flexibility index (Phi) is 24.1. The monoisotopic (exact) mass is 470 g/mol. The van der Waals surface area contributed by atoms with Crippen LogP contribution in [0.4, 0.5) is 0 Å². The molecule has 34 heavy (non-hydrogen) atoms. The summed E-state index contributed by atoms with van der Waals surface area (Å²) >= 11 is 0. The molecule has 0 aliphatic rings. The van der Waals surface area contributed by atoms with Crippen molar-refractivity contribution in [2.45, 2.75) is 155 Å². The van der Waals surface area contributed by atoms with Gasteiger partial charge >= 0.3 is 0 Å². The van der Waals surface area contributed by atoms with Gasteiger partial charge in [-0.3, -0.25) is 0 Å². The number of hydrogen-bond donors (Lipinski definition) is 0. The number of rotatable bonds is 26. The van der Waals surface area contributed by atoms with Gasteiger partial charge < -0.3 is 4.74 Å². The highest BCUT2D eigenvalue weighted by Crippen LogP contribution is 2.13. The van der Waals surface area contributed by atoms with E-state index in [1.165, 1.54) is 147 Å². The fraction of sp³-hybridized carbons (Fsp3) is 0.758. The summed E-state index contributed by atoms with van der Waals surface area (Å²) in [5.74, 6) is 0. The molecular formula is C33H58O. The zero-order chi connectivity index (χ0) is 24.2. The maximum atomic E-state index is 5.77. The van der Waals surface area contributed by atoms with Gasteiger partial charge in [-0.15, -0.1) is 0 Å². The normalized spacial score (nSPS) is 11.6. The van der Waals surface area contributed by atoms with Crippen molar-refractivity contribution in [2.24, 2.45) is 0 Å². The highest BCUT2D eigenvalue weighted by atomic mass is 16.5. The Labute approximate surface area is 214 Å². The molecular weight excluding hydrogens is 412 g/mol. The zero-order valence-corrected chi connectivity index (χ0v) is 22.9. The summed E-state index contributed by atoms with van der Waals surface area (Å²) in [6, 6.07) is 10.5. The van der Waals surface area contributed by atoms with Gasteiger partial charge in [0.05, 0.1) is 6.61 Å². The van der Waals surface area contributed by atoms with Crippen molar-refractivity contribution >= 4 is 0 Å². The second-order valence-corrected chi connectivity index (χ2v) is 10.3. The Bertz CT molecular complexity index is 521. The molecule has 196 valence electrons. The van der Waals surface area contributed by atoms with Crippen LogP contribution in [0.3, 0.4) is 0 Å². The van der Waals surface area contributed by atoms with Gasteiger partial charge in [0.25, 0.3) is 0 Å². The molecule has 0 aliphatic carbocycles. The van der Waals surface area contributed by atoms with E-state index < -0.39 is 0 Å². The van der Waals surface area contributed by atoms with Crippen LogP contribution in [0.25, 0.3) is 0 Å². The van der Waals surface area contributed by atoms with E-state index in [1.54, 1.807) is 0 Å². The molecule has 0 aliphatic heterocycles. The van der Waals surface area contributed by atoms with Crippen LogP contribution < -0.4 is 0 Å². The van der Waals surface area contributed by atoms with Gasteiger partial charge in [-0.1, -0.05) is 159 Å². The average molecular weight is 471 g/mol. The maximum absolute atomic E-state index is 5.77. The van der Waals surface area contributed by atoms with Crippen LogP contribution in [0, 0.1) is 0 Å². The lowest BCUT2D eigenvalue weighted by atomic mass is 10.0. The lowest BCUT2D eigenvalue weighted by Gasteiger charge is -2.05. The average Bonchev–Trinajstić information content (AvgIpc) is 2.87. The molecule has 0 radical (unpaired) electrons. The summed E-state index contributed by atoms with van der Waals surface area (Å²) in [6.07, 6.45) is 35.7. The highest BCUT2D eigenvalue weighted by Gasteiger charge is 1.96. The molecule has 0 amide bonds. The van der Waals surface area contributed by atoms with Crippen molar-refractivity contribution in [3.05, 3.63) is 48.0 Å². The van der Waals surface area contributed by atoms with Crippen molar-refractivity contribution in [3.63, 3.8) is 0 Å². The molecule has 1 aromatic rings. The van der Waals surface area contributed by atoms with E-state index in [1.807, 2.05) is 0 Å². The molecule has 1 aromatic carbocycles. The Morgan fingerprint density at radius 3 is 1.38 bits per heavy atom. The van der Waals surface area contributed by atoms with Crippen LogP contribution >= 0.6 is 0 Å². The smallest absolute Gasteiger partial charge is 0.0716 e. The van der Waals surface area contributed by atoms with Crippen molar-refractivity contribution in [3.8, 4) is 0 Å². The minimum Gasteiger partial charge on any atom is -0.377 e. The summed E-state index contributed by atoms with van der Waals surface area (Å²) in [5.41, 5.74) is 1.28. The SMILES string of the molecule is CCCCCCCCCCC=CCCCCCCCCCCCCCCOCc1ccccc1. The van der Waals surface area contributed by atoms with Gasteiger partial charge in [-0.2, -0.15) is 0 Å². The quantitative estimate of drug-likeness (QED) is 0.0965. The third-order valence-corrected chi connectivity index (χ3v) is 6.91. The molecule has 0 saturated heterocycles. The summed E-state index contributed by atoms with van der Waals surface area (Å²) in [6.45, 7) is 3.96. The molecule has 0 aromatic heterocycles. The Morgan fingerprint density at radius 2 is 0.912 bits per heavy atom. The molecule has 1 heteroatoms. The molecule has 0 saturated carbocycles. The molecule has 0 atom stereocenters. The topological polar surface area (TPSA) is 9.23 Å². The molecule has 0 N–H and O–H groups in total. The van der Waals surface area contributed by atoms with Gasteiger partial charge in [-0.05, 0) is 37.7 Å². The van der Waals surface area contributed by atoms with E-state index in [4.69, 9.17) is 4.74 Å². The molecule has 0 unspecified atom stereocenters. The minimum absolute atomic E-state index is 0.761. The Balaban J connectivity index is 1.67. The summed E-state index contributed by atoms with van der Waals surface area (Å²) in [5, 5.41) is 0. The van der Waals surface area contributed by atoms with Crippen molar-refractivity contribution in [1.29, 1.82) is 0 Å². The van der Waals surface area contributed by atoms with E-state index in [2.05, 4.69) is 49.4 Å². The van der Waals surface area contributed by atoms with Crippen LogP contribution in [0.15, 0.2) is 42.5 Å². The molecule has 0 fully saturated rings. The van der Waals surface area contributed by atoms with Crippen LogP contribution in [0.2, 0.25) is 0 Å². The van der Waals surface area contributed by atoms with Gasteiger partial charge in [0.2, 0.25) is 0 Å². The van der Waals surface area contributed by atoms with Gasteiger partial charge in [0.1, 0.15) is 0 Å². The predicted molar refractivity (Wildman–Crippen MR) is 152 cm³/mol. The lowest BCUT2D eigenvalue weighted by molar-refractivity contribution is 0.116. The predicted octanol–water partition coefficient (Wildman–Crippen LogP) is 11.4. The summed E-state index contributed by atoms with van der Waals surface area (Å²) in [4.78, 5) is 0. The first-order valence-corrected chi connectivity index (χ1v) is 15.2. The third-order valence-electron chi connectivity index (χ3n) is 6.91. The van der Waals surface area contributed by atoms with E-state index in [9.17, 15) is 0 Å². The molecule has 0 heterocycles. The number of ether oxygens (including phenoxy) is 1. The molecule has 1 nitrogen and oxygen atoms in total. The maximum Gasteiger partial charge on any atom is 0.0716 e. The van der Waals surface area contributed by atoms with E-state index >= 15 is 0 Å². The standard InChI is InChI=1S/C33H58O/c1-2-3-4-5-6-7-8-9-10-11-12-13-14-15-16-17-18-19-20-21-22-23-24-28-31-34-32-33-29-26-25-27-30-33/h11-12,25-27,29-30H,2-10,13-24,28,31-32H2,1H3. The van der Waals surface area contributed by atoms with Crippen LogP contribution in [0.5, 0.6) is 0 Å². The Morgan fingerprint density at radius 1 is 0.500 bits per heavy atom. The van der Waals surface area contributed by atoms with Gasteiger partial charge in [0.15, 0.2) is 0 Å². The van der Waals surface area contributed by atoms with Crippen molar-refractivity contribution in [2.75, 3.05) is 6.61 Å². The number of benzene rings is 1. The summed E-state index contributed by atoms with van der Waals surface area (Å²) < 4.78 is 5.77. The number of unbranched alkanes of at least 4 members (excludes halogenated alkanes) is 20. The lowest BCUT2D eigenvalue weighted by Crippen LogP contribution is -1.95. The number of allylic oxidation sites excluding steroid dienone is 2. The highest BCUT2D eigenvalue weighted by molar-refractivity contribution is 5.13. The second-order valence-electron chi connectivity index (χ2n) is 10.3. The zero-order valence-electron chi connectivity index (χ0n) is 22.9. The van der Waals surface area contributed by atoms with E-state index in [0.29, 0.717) is 0 Å². The van der Waals surface area contributed by atoms with Gasteiger partial charge in [0, 0.05) is 6.61 Å². The first-order valence-electron chi connectivity index (χ1n) is 15.2. The summed E-state index contributed by atoms with van der Waals surface area (Å²) in [7, 11) is 0. The first kappa shape index (κ1) is 31.0. The largest absolute Gasteiger partial charge is 0.377 e. The second kappa shape index (κ2) is 26.5. The van der Waals surface area contributed by atoms with E-state index in [0.717, 1.165) is 13.2 Å².